The van der Waals surface area contributed by atoms with Crippen molar-refractivity contribution in [3.8, 4) is 0 Å². The number of nitrogens with two attached hydrogens (primary N) is 1. The summed E-state index contributed by atoms with van der Waals surface area (Å²) in [6.45, 7) is 12.5. The Morgan fingerprint density at radius 1 is 0.815 bits per heavy atom. The number of nitrogens with one attached hydrogen (secondary N) is 4. The summed E-state index contributed by atoms with van der Waals surface area (Å²) in [4.78, 5) is 86.2. The van der Waals surface area contributed by atoms with Gasteiger partial charge >= 0.3 is 6.03 Å². The second-order valence-corrected chi connectivity index (χ2v) is 19.9. The number of fused-ring (bicyclic) bond motifs is 1. The number of primary amides is 1. The van der Waals surface area contributed by atoms with Gasteiger partial charge in [0.15, 0.2) is 0 Å². The molecule has 0 aromatic carbocycles. The predicted molar refractivity (Wildman–Crippen MR) is 203 cm³/mol. The van der Waals surface area contributed by atoms with Crippen LogP contribution in [-0.4, -0.2) is 101 Å². The van der Waals surface area contributed by atoms with Gasteiger partial charge in [-0.1, -0.05) is 79.6 Å². The van der Waals surface area contributed by atoms with E-state index in [9.17, 15) is 28.8 Å². The van der Waals surface area contributed by atoms with E-state index in [1.807, 2.05) is 25.7 Å². The summed E-state index contributed by atoms with van der Waals surface area (Å²) in [7, 11) is 0. The maximum Gasteiger partial charge on any atom is 0.316 e. The average Bonchev–Trinajstić information content (AvgIpc) is 3.84. The fraction of sp³-hybridized carbons (Fsp3) is 0.854. The quantitative estimate of drug-likeness (QED) is 0.201. The number of ketones is 1. The van der Waals surface area contributed by atoms with Gasteiger partial charge in [0.2, 0.25) is 23.5 Å². The maximum atomic E-state index is 15.0. The van der Waals surface area contributed by atoms with Crippen LogP contribution in [0, 0.1) is 33.5 Å². The van der Waals surface area contributed by atoms with Crippen molar-refractivity contribution >= 4 is 35.4 Å². The number of carbonyl (C=O) groups is 6. The highest BCUT2D eigenvalue weighted by Gasteiger charge is 2.85. The number of nitrogens with zero attached hydrogens (tertiary/aromatic N) is 2. The van der Waals surface area contributed by atoms with E-state index in [4.69, 9.17) is 5.73 Å². The molecule has 2 saturated heterocycles. The highest BCUT2D eigenvalue weighted by molar-refractivity contribution is 6.37. The van der Waals surface area contributed by atoms with Crippen molar-refractivity contribution in [1.82, 2.24) is 31.1 Å². The van der Waals surface area contributed by atoms with Crippen LogP contribution in [0.15, 0.2) is 0 Å². The van der Waals surface area contributed by atoms with Gasteiger partial charge in [0, 0.05) is 37.1 Å². The maximum absolute atomic E-state index is 15.0. The van der Waals surface area contributed by atoms with Gasteiger partial charge in [-0.25, -0.2) is 4.79 Å². The van der Waals surface area contributed by atoms with Crippen molar-refractivity contribution < 1.29 is 28.8 Å². The van der Waals surface area contributed by atoms with E-state index in [1.54, 1.807) is 4.90 Å². The van der Waals surface area contributed by atoms with Crippen LogP contribution in [0.1, 0.15) is 131 Å². The summed E-state index contributed by atoms with van der Waals surface area (Å²) in [6, 6.07) is -4.18. The molecule has 54 heavy (non-hydrogen) atoms. The number of amides is 6. The van der Waals surface area contributed by atoms with Crippen LogP contribution >= 0.6 is 0 Å². The van der Waals surface area contributed by atoms with Gasteiger partial charge in [-0.3, -0.25) is 24.0 Å². The van der Waals surface area contributed by atoms with Crippen molar-refractivity contribution in [2.75, 3.05) is 26.2 Å². The molecule has 2 aliphatic heterocycles. The van der Waals surface area contributed by atoms with Gasteiger partial charge in [-0.2, -0.15) is 0 Å². The highest BCUT2D eigenvalue weighted by Crippen LogP contribution is 2.88. The van der Waals surface area contributed by atoms with Crippen LogP contribution in [0.3, 0.4) is 0 Å². The first-order valence-corrected chi connectivity index (χ1v) is 21.0. The summed E-state index contributed by atoms with van der Waals surface area (Å²) in [5, 5.41) is 12.5. The summed E-state index contributed by atoms with van der Waals surface area (Å²) in [5.74, 6) is -2.52. The SMILES string of the molecule is CC(C)(C)[C@H](NC(=O)N[C@H](C(=O)N1CCNC2(CC2)C1)C1CCCCC1)C(=O)N1C[C@]2(C[C@H]1C(=O)NC(CC1CCC1)C(=O)C(N)=O)C(C)(C)C21CCC1. The normalized spacial score (nSPS) is 29.8. The average molecular weight is 752 g/mol. The third-order valence-corrected chi connectivity index (χ3v) is 15.7. The van der Waals surface area contributed by atoms with Gasteiger partial charge in [0.1, 0.15) is 18.1 Å². The molecule has 1 unspecified atom stereocenters. The van der Waals surface area contributed by atoms with E-state index in [2.05, 4.69) is 35.1 Å². The van der Waals surface area contributed by atoms with E-state index in [0.717, 1.165) is 90.0 Å². The third kappa shape index (κ3) is 6.71. The fourth-order valence-corrected chi connectivity index (χ4v) is 11.6. The Morgan fingerprint density at radius 2 is 1.50 bits per heavy atom. The second kappa shape index (κ2) is 14.1. The van der Waals surface area contributed by atoms with Gasteiger partial charge in [-0.15, -0.1) is 0 Å². The lowest BCUT2D eigenvalue weighted by molar-refractivity contribution is -0.143. The molecule has 13 nitrogen and oxygen atoms in total. The Bertz CT molecular complexity index is 1540. The van der Waals surface area contributed by atoms with Crippen LogP contribution < -0.4 is 27.0 Å². The number of urea groups is 1. The molecule has 5 aliphatic carbocycles. The lowest BCUT2D eigenvalue weighted by atomic mass is 9.73. The molecule has 2 heterocycles. The van der Waals surface area contributed by atoms with Crippen LogP contribution in [0.25, 0.3) is 0 Å². The Hall–Kier alpha value is -3.22. The first-order chi connectivity index (χ1) is 25.4. The van der Waals surface area contributed by atoms with Crippen molar-refractivity contribution in [1.29, 1.82) is 0 Å². The zero-order chi connectivity index (χ0) is 38.8. The van der Waals surface area contributed by atoms with E-state index in [-0.39, 0.29) is 45.4 Å². The number of likely N-dealkylation sites (tertiary alicyclic amines) is 1. The molecule has 0 bridgehead atoms. The number of piperazine rings is 1. The minimum atomic E-state index is -1.08. The molecule has 7 rings (SSSR count). The van der Waals surface area contributed by atoms with Gasteiger partial charge in [0.05, 0.1) is 6.04 Å². The molecule has 5 saturated carbocycles. The van der Waals surface area contributed by atoms with Gasteiger partial charge < -0.3 is 36.8 Å². The minimum Gasteiger partial charge on any atom is -0.363 e. The van der Waals surface area contributed by atoms with E-state index in [1.165, 1.54) is 0 Å². The Kier molecular flexibility index (Phi) is 10.2. The second-order valence-electron chi connectivity index (χ2n) is 19.9. The molecule has 0 radical (unpaired) electrons. The van der Waals surface area contributed by atoms with Crippen molar-refractivity contribution in [3.05, 3.63) is 0 Å². The zero-order valence-electron chi connectivity index (χ0n) is 33.3. The molecule has 6 N–H and O–H groups in total. The van der Waals surface area contributed by atoms with Crippen LogP contribution in [0.4, 0.5) is 4.79 Å². The summed E-state index contributed by atoms with van der Waals surface area (Å²) >= 11 is 0. The predicted octanol–water partition coefficient (Wildman–Crippen LogP) is 3.14. The molecule has 6 amide bonds. The molecule has 7 fully saturated rings. The monoisotopic (exact) mass is 751 g/mol. The molecule has 13 heteroatoms. The van der Waals surface area contributed by atoms with Crippen LogP contribution in [0.5, 0.6) is 0 Å². The van der Waals surface area contributed by atoms with Crippen LogP contribution in [-0.2, 0) is 24.0 Å². The van der Waals surface area contributed by atoms with Crippen molar-refractivity contribution in [2.45, 2.75) is 161 Å². The molecular formula is C41H65N7O6. The first kappa shape index (κ1) is 39.0. The first-order valence-electron chi connectivity index (χ1n) is 21.0. The number of hydrogen-bond donors (Lipinski definition) is 5. The Labute approximate surface area is 320 Å². The van der Waals surface area contributed by atoms with Gasteiger partial charge in [0.25, 0.3) is 5.91 Å². The fourth-order valence-electron chi connectivity index (χ4n) is 11.6. The number of hydrogen-bond acceptors (Lipinski definition) is 7. The minimum absolute atomic E-state index is 0.00545. The standard InChI is InChI=1S/C41H65N7O6/c1-37(2,3)31(46-36(54)45-29(26-13-7-6-8-14-26)34(52)47-20-19-43-39(23-47)17-18-39)35(53)48-24-41(38(4,5)40(41)15-10-16-40)22-28(48)33(51)44-27(30(49)32(42)50)21-25-11-9-12-25/h25-29,31,43H,6-24H2,1-5H3,(H2,42,50)(H,44,51)(H2,45,46,54)/t27?,28-,29-,31+,41+/m0/s1. The smallest absolute Gasteiger partial charge is 0.316 e. The molecule has 5 atom stereocenters. The zero-order valence-corrected chi connectivity index (χ0v) is 33.3. The van der Waals surface area contributed by atoms with E-state index in [0.29, 0.717) is 32.5 Å². The third-order valence-electron chi connectivity index (χ3n) is 15.7. The largest absolute Gasteiger partial charge is 0.363 e. The summed E-state index contributed by atoms with van der Waals surface area (Å²) in [5.41, 5.74) is 4.36. The van der Waals surface area contributed by atoms with Crippen LogP contribution in [0.2, 0.25) is 0 Å². The summed E-state index contributed by atoms with van der Waals surface area (Å²) in [6.07, 6.45) is 13.8. The number of rotatable bonds is 11. The number of carbonyl (C=O) groups excluding carboxylic acids is 6. The van der Waals surface area contributed by atoms with E-state index < -0.39 is 53.2 Å². The number of Topliss-reactive ketones (excluding diaryl/α,β-unsaturated/α-hetero) is 1. The molecule has 0 aromatic rings. The lowest BCUT2D eigenvalue weighted by Gasteiger charge is -2.39. The molecule has 300 valence electrons. The van der Waals surface area contributed by atoms with E-state index >= 15 is 0 Å². The molecule has 7 aliphatic rings. The van der Waals surface area contributed by atoms with Gasteiger partial charge in [-0.05, 0) is 79.4 Å². The van der Waals surface area contributed by atoms with Crippen molar-refractivity contribution in [2.24, 2.45) is 39.2 Å². The van der Waals surface area contributed by atoms with Crippen molar-refractivity contribution in [3.63, 3.8) is 0 Å². The summed E-state index contributed by atoms with van der Waals surface area (Å²) < 4.78 is 0. The lowest BCUT2D eigenvalue weighted by Crippen LogP contribution is -2.63. The molecule has 0 aromatic heterocycles. The molecule has 3 spiro atoms. The Morgan fingerprint density at radius 3 is 2.04 bits per heavy atom. The molecular weight excluding hydrogens is 686 g/mol. The Balaban J connectivity index is 1.12. The highest BCUT2D eigenvalue weighted by atomic mass is 16.2. The topological polar surface area (TPSA) is 183 Å².